The van der Waals surface area contributed by atoms with Gasteiger partial charge in [-0.05, 0) is 36.6 Å². The summed E-state index contributed by atoms with van der Waals surface area (Å²) in [5.41, 5.74) is 1.59. The molecule has 2 aromatic rings. The molecule has 0 unspecified atom stereocenters. The number of hydrogen-bond acceptors (Lipinski definition) is 5. The molecule has 2 rings (SSSR count). The summed E-state index contributed by atoms with van der Waals surface area (Å²) in [6, 6.07) is 2.01. The molecule has 0 fully saturated rings. The van der Waals surface area contributed by atoms with Crippen LogP contribution in [0.25, 0.3) is 10.2 Å². The molecule has 5 heteroatoms. The molecule has 0 aliphatic heterocycles. The number of hydrogen-bond donors (Lipinski definition) is 0. The lowest BCUT2D eigenvalue weighted by Crippen LogP contribution is -2.10. The van der Waals surface area contributed by atoms with Gasteiger partial charge in [0.05, 0.1) is 12.2 Å². The Kier molecular flexibility index (Phi) is 4.24. The molecule has 0 bridgehead atoms. The van der Waals surface area contributed by atoms with E-state index in [9.17, 15) is 4.79 Å². The van der Waals surface area contributed by atoms with Crippen LogP contribution in [0.2, 0.25) is 0 Å². The van der Waals surface area contributed by atoms with E-state index in [4.69, 9.17) is 4.74 Å². The molecule has 0 saturated carbocycles. The van der Waals surface area contributed by atoms with E-state index >= 15 is 0 Å². The quantitative estimate of drug-likeness (QED) is 0.629. The fraction of sp³-hybridized carbons (Fsp3) is 0.385. The molecule has 2 heterocycles. The predicted molar refractivity (Wildman–Crippen MR) is 76.7 cm³/mol. The summed E-state index contributed by atoms with van der Waals surface area (Å²) in [5.74, 6) is 0.613. The van der Waals surface area contributed by atoms with Crippen molar-refractivity contribution in [2.45, 2.75) is 25.8 Å². The first-order valence-electron chi connectivity index (χ1n) is 5.86. The SMILES string of the molecule is CCOC(=O)c1c(SCC)nc2sccc2c1C. The second-order valence-corrected chi connectivity index (χ2v) is 5.86. The van der Waals surface area contributed by atoms with Gasteiger partial charge in [-0.15, -0.1) is 23.1 Å². The number of esters is 1. The topological polar surface area (TPSA) is 39.2 Å². The number of carbonyl (C=O) groups is 1. The molecule has 0 amide bonds. The zero-order valence-corrected chi connectivity index (χ0v) is 12.3. The van der Waals surface area contributed by atoms with Crippen molar-refractivity contribution in [2.24, 2.45) is 0 Å². The number of rotatable bonds is 4. The molecule has 0 aliphatic rings. The number of aromatic nitrogens is 1. The standard InChI is InChI=1S/C13H15NO2S2/c1-4-16-13(15)10-8(3)9-6-7-18-11(9)14-12(10)17-5-2/h6-7H,4-5H2,1-3H3. The van der Waals surface area contributed by atoms with E-state index in [0.29, 0.717) is 12.2 Å². The van der Waals surface area contributed by atoms with Gasteiger partial charge in [0, 0.05) is 5.39 Å². The highest BCUT2D eigenvalue weighted by Crippen LogP contribution is 2.31. The summed E-state index contributed by atoms with van der Waals surface area (Å²) in [6.45, 7) is 6.21. The summed E-state index contributed by atoms with van der Waals surface area (Å²) >= 11 is 3.18. The number of pyridine rings is 1. The number of ether oxygens (including phenoxy) is 1. The first-order chi connectivity index (χ1) is 8.69. The molecule has 3 nitrogen and oxygen atoms in total. The average molecular weight is 281 g/mol. The van der Waals surface area contributed by atoms with Crippen molar-refractivity contribution in [1.29, 1.82) is 0 Å². The Morgan fingerprint density at radius 2 is 2.28 bits per heavy atom. The Labute approximate surface area is 115 Å². The Balaban J connectivity index is 2.62. The third kappa shape index (κ3) is 2.37. The smallest absolute Gasteiger partial charge is 0.341 e. The Bertz CT molecular complexity index is 578. The molecule has 0 spiro atoms. The van der Waals surface area contributed by atoms with Crippen LogP contribution in [0.4, 0.5) is 0 Å². The number of thioether (sulfide) groups is 1. The van der Waals surface area contributed by atoms with Gasteiger partial charge in [0.1, 0.15) is 9.86 Å². The largest absolute Gasteiger partial charge is 0.462 e. The second-order valence-electron chi connectivity index (χ2n) is 3.71. The van der Waals surface area contributed by atoms with Crippen molar-refractivity contribution in [3.63, 3.8) is 0 Å². The first kappa shape index (κ1) is 13.4. The van der Waals surface area contributed by atoms with Crippen LogP contribution in [0.1, 0.15) is 29.8 Å². The zero-order chi connectivity index (χ0) is 13.1. The van der Waals surface area contributed by atoms with E-state index in [-0.39, 0.29) is 5.97 Å². The van der Waals surface area contributed by atoms with Crippen LogP contribution < -0.4 is 0 Å². The minimum atomic E-state index is -0.272. The first-order valence-corrected chi connectivity index (χ1v) is 7.73. The van der Waals surface area contributed by atoms with Gasteiger partial charge >= 0.3 is 5.97 Å². The van der Waals surface area contributed by atoms with Crippen molar-refractivity contribution in [1.82, 2.24) is 4.98 Å². The highest BCUT2D eigenvalue weighted by atomic mass is 32.2. The molecule has 18 heavy (non-hydrogen) atoms. The third-order valence-electron chi connectivity index (χ3n) is 2.60. The molecule has 0 N–H and O–H groups in total. The molecular formula is C13H15NO2S2. The van der Waals surface area contributed by atoms with E-state index in [2.05, 4.69) is 11.9 Å². The third-order valence-corrected chi connectivity index (χ3v) is 4.27. The molecule has 0 aliphatic carbocycles. The molecule has 0 aromatic carbocycles. The van der Waals surface area contributed by atoms with Gasteiger partial charge in [-0.3, -0.25) is 0 Å². The Hall–Kier alpha value is -1.07. The summed E-state index contributed by atoms with van der Waals surface area (Å²) in [5, 5.41) is 3.83. The van der Waals surface area contributed by atoms with Gasteiger partial charge in [-0.25, -0.2) is 9.78 Å². The van der Waals surface area contributed by atoms with Crippen molar-refractivity contribution in [2.75, 3.05) is 12.4 Å². The van der Waals surface area contributed by atoms with E-state index in [1.165, 1.54) is 0 Å². The predicted octanol–water partition coefficient (Wildman–Crippen LogP) is 3.89. The van der Waals surface area contributed by atoms with Crippen molar-refractivity contribution >= 4 is 39.3 Å². The van der Waals surface area contributed by atoms with Gasteiger partial charge in [-0.2, -0.15) is 0 Å². The monoisotopic (exact) mass is 281 g/mol. The van der Waals surface area contributed by atoms with Crippen molar-refractivity contribution in [3.8, 4) is 0 Å². The van der Waals surface area contributed by atoms with Crippen LogP contribution in [-0.2, 0) is 4.74 Å². The molecule has 96 valence electrons. The fourth-order valence-corrected chi connectivity index (χ4v) is 3.49. The van der Waals surface area contributed by atoms with Gasteiger partial charge in [0.2, 0.25) is 0 Å². The van der Waals surface area contributed by atoms with Gasteiger partial charge < -0.3 is 4.74 Å². The molecule has 0 radical (unpaired) electrons. The maximum absolute atomic E-state index is 12.1. The summed E-state index contributed by atoms with van der Waals surface area (Å²) in [7, 11) is 0. The molecule has 2 aromatic heterocycles. The van der Waals surface area contributed by atoms with Crippen LogP contribution in [0.15, 0.2) is 16.5 Å². The number of aryl methyl sites for hydroxylation is 1. The number of fused-ring (bicyclic) bond motifs is 1. The van der Waals surface area contributed by atoms with E-state index in [0.717, 1.165) is 26.6 Å². The van der Waals surface area contributed by atoms with Crippen LogP contribution in [0, 0.1) is 6.92 Å². The molecule has 0 saturated heterocycles. The molecule has 0 atom stereocenters. The lowest BCUT2D eigenvalue weighted by atomic mass is 10.1. The minimum absolute atomic E-state index is 0.272. The van der Waals surface area contributed by atoms with Crippen molar-refractivity contribution < 1.29 is 9.53 Å². The number of carbonyl (C=O) groups excluding carboxylic acids is 1. The Morgan fingerprint density at radius 1 is 1.50 bits per heavy atom. The summed E-state index contributed by atoms with van der Waals surface area (Å²) < 4.78 is 5.13. The highest BCUT2D eigenvalue weighted by molar-refractivity contribution is 7.99. The Morgan fingerprint density at radius 3 is 2.94 bits per heavy atom. The maximum Gasteiger partial charge on any atom is 0.341 e. The maximum atomic E-state index is 12.1. The van der Waals surface area contributed by atoms with E-state index in [1.54, 1.807) is 23.1 Å². The number of nitrogens with zero attached hydrogens (tertiary/aromatic N) is 1. The van der Waals surface area contributed by atoms with Gasteiger partial charge in [0.25, 0.3) is 0 Å². The minimum Gasteiger partial charge on any atom is -0.462 e. The van der Waals surface area contributed by atoms with Gasteiger partial charge in [-0.1, -0.05) is 6.92 Å². The van der Waals surface area contributed by atoms with E-state index in [1.807, 2.05) is 25.3 Å². The second kappa shape index (κ2) is 5.71. The molecular weight excluding hydrogens is 266 g/mol. The van der Waals surface area contributed by atoms with Crippen molar-refractivity contribution in [3.05, 3.63) is 22.6 Å². The number of thiophene rings is 1. The zero-order valence-electron chi connectivity index (χ0n) is 10.6. The average Bonchev–Trinajstić information content (AvgIpc) is 2.78. The van der Waals surface area contributed by atoms with Crippen LogP contribution in [0.5, 0.6) is 0 Å². The highest BCUT2D eigenvalue weighted by Gasteiger charge is 2.20. The lowest BCUT2D eigenvalue weighted by molar-refractivity contribution is 0.0521. The van der Waals surface area contributed by atoms with Gasteiger partial charge in [0.15, 0.2) is 0 Å². The van der Waals surface area contributed by atoms with Crippen LogP contribution in [-0.4, -0.2) is 23.3 Å². The van der Waals surface area contributed by atoms with E-state index < -0.39 is 0 Å². The summed E-state index contributed by atoms with van der Waals surface area (Å²) in [6.07, 6.45) is 0. The van der Waals surface area contributed by atoms with Crippen LogP contribution >= 0.6 is 23.1 Å². The van der Waals surface area contributed by atoms with Crippen LogP contribution in [0.3, 0.4) is 0 Å². The summed E-state index contributed by atoms with van der Waals surface area (Å²) in [4.78, 5) is 17.6. The fourth-order valence-electron chi connectivity index (χ4n) is 1.80. The lowest BCUT2D eigenvalue weighted by Gasteiger charge is -2.10. The normalized spacial score (nSPS) is 10.8.